The Morgan fingerprint density at radius 2 is 1.94 bits per heavy atom. The molecule has 0 bridgehead atoms. The van der Waals surface area contributed by atoms with Gasteiger partial charge in [0.05, 0.1) is 0 Å². The second kappa shape index (κ2) is 4.83. The van der Waals surface area contributed by atoms with Gasteiger partial charge in [-0.05, 0) is 6.92 Å². The first-order valence-electron chi connectivity index (χ1n) is 4.19. The lowest BCUT2D eigenvalue weighted by atomic mass is 10.4. The maximum atomic E-state index is 9.01. The van der Waals surface area contributed by atoms with Gasteiger partial charge in [-0.1, -0.05) is 58.0 Å². The maximum Gasteiger partial charge on any atom is 0.241 e. The summed E-state index contributed by atoms with van der Waals surface area (Å²) in [5, 5.41) is 14.4. The molecule has 90 valence electrons. The summed E-state index contributed by atoms with van der Waals surface area (Å²) in [6, 6.07) is 1.98. The fraction of sp³-hybridized carbons (Fsp3) is 0.714. The van der Waals surface area contributed by atoms with E-state index in [0.717, 1.165) is 0 Å². The molecule has 1 unspecified atom stereocenters. The van der Waals surface area contributed by atoms with Crippen molar-refractivity contribution < 1.29 is 0 Å². The summed E-state index contributed by atoms with van der Waals surface area (Å²) in [7, 11) is 0. The van der Waals surface area contributed by atoms with Crippen molar-refractivity contribution in [2.24, 2.45) is 5.10 Å². The molecule has 0 amide bonds. The molecule has 4 nitrogen and oxygen atoms in total. The first-order valence-corrected chi connectivity index (χ1v) is 6.08. The third-order valence-corrected chi connectivity index (χ3v) is 4.33. The van der Waals surface area contributed by atoms with E-state index < -0.39 is 14.4 Å². The topological polar surface area (TPSA) is 42.6 Å². The van der Waals surface area contributed by atoms with Gasteiger partial charge in [0, 0.05) is 6.54 Å². The van der Waals surface area contributed by atoms with Gasteiger partial charge >= 0.3 is 0 Å². The normalized spacial score (nSPS) is 21.4. The summed E-state index contributed by atoms with van der Waals surface area (Å²) in [4.78, 5) is 1.19. The summed E-state index contributed by atoms with van der Waals surface area (Å²) >= 11 is 28.8. The van der Waals surface area contributed by atoms with Crippen LogP contribution in [0.3, 0.4) is 0 Å². The third kappa shape index (κ3) is 2.39. The molecule has 1 aliphatic rings. The van der Waals surface area contributed by atoms with E-state index in [0.29, 0.717) is 6.54 Å². The summed E-state index contributed by atoms with van der Waals surface area (Å²) in [5.74, 6) is 0. The van der Waals surface area contributed by atoms with Crippen LogP contribution >= 0.6 is 58.0 Å². The number of rotatable bonds is 2. The average molecular weight is 324 g/mol. The molecule has 1 rings (SSSR count). The average Bonchev–Trinajstić information content (AvgIpc) is 2.58. The highest BCUT2D eigenvalue weighted by atomic mass is 35.6. The molecular formula is C7H7Cl5N4. The van der Waals surface area contributed by atoms with Gasteiger partial charge in [-0.3, -0.25) is 9.91 Å². The SMILES string of the molecule is CCN1N=CN(C(Cl)(Cl)C(Cl)(Cl)Cl)C1C#N. The fourth-order valence-electron chi connectivity index (χ4n) is 1.15. The summed E-state index contributed by atoms with van der Waals surface area (Å²) in [5.41, 5.74) is 0. The smallest absolute Gasteiger partial charge is 0.241 e. The molecule has 0 fully saturated rings. The van der Waals surface area contributed by atoms with E-state index in [1.54, 1.807) is 0 Å². The van der Waals surface area contributed by atoms with Crippen LogP contribution < -0.4 is 0 Å². The number of hydrazone groups is 1. The fourth-order valence-corrected chi connectivity index (χ4v) is 1.71. The predicted octanol–water partition coefficient (Wildman–Crippen LogP) is 2.92. The second-order valence-electron chi connectivity index (χ2n) is 2.94. The minimum Gasteiger partial charge on any atom is -0.291 e. The molecule has 0 N–H and O–H groups in total. The Hall–Kier alpha value is 0.210. The molecule has 0 spiro atoms. The molecule has 0 aromatic heterocycles. The van der Waals surface area contributed by atoms with Crippen molar-refractivity contribution in [3.63, 3.8) is 0 Å². The van der Waals surface area contributed by atoms with Crippen LogP contribution in [0.4, 0.5) is 0 Å². The van der Waals surface area contributed by atoms with Gasteiger partial charge in [0.15, 0.2) is 0 Å². The zero-order chi connectivity index (χ0) is 12.6. The standard InChI is InChI=1S/C7H7Cl5N4/c1-2-16-5(3-13)15(4-14-16)7(11,12)6(8,9)10/h4-5H,2H2,1H3. The number of nitrogens with zero attached hydrogens (tertiary/aromatic N) is 4. The van der Waals surface area contributed by atoms with E-state index in [4.69, 9.17) is 63.3 Å². The third-order valence-electron chi connectivity index (χ3n) is 1.97. The zero-order valence-corrected chi connectivity index (χ0v) is 11.8. The molecule has 0 saturated carbocycles. The highest BCUT2D eigenvalue weighted by molar-refractivity contribution is 6.75. The van der Waals surface area contributed by atoms with Gasteiger partial charge in [0.25, 0.3) is 0 Å². The van der Waals surface area contributed by atoms with Crippen molar-refractivity contribution in [3.8, 4) is 6.07 Å². The first-order chi connectivity index (χ1) is 7.25. The lowest BCUT2D eigenvalue weighted by molar-refractivity contribution is 0.165. The molecule has 1 aliphatic heterocycles. The Labute approximate surface area is 118 Å². The first kappa shape index (κ1) is 14.3. The van der Waals surface area contributed by atoms with E-state index in [-0.39, 0.29) is 0 Å². The molecule has 0 radical (unpaired) electrons. The Bertz CT molecular complexity index is 331. The van der Waals surface area contributed by atoms with Gasteiger partial charge in [-0.15, -0.1) is 0 Å². The largest absolute Gasteiger partial charge is 0.291 e. The molecular weight excluding hydrogens is 317 g/mol. The Kier molecular flexibility index (Phi) is 4.31. The van der Waals surface area contributed by atoms with Crippen LogP contribution in [0.15, 0.2) is 5.10 Å². The molecule has 0 aromatic carbocycles. The van der Waals surface area contributed by atoms with E-state index in [9.17, 15) is 0 Å². The van der Waals surface area contributed by atoms with E-state index in [1.165, 1.54) is 16.2 Å². The molecule has 16 heavy (non-hydrogen) atoms. The van der Waals surface area contributed by atoms with E-state index in [2.05, 4.69) is 5.10 Å². The predicted molar refractivity (Wildman–Crippen MR) is 66.8 cm³/mol. The molecule has 0 aliphatic carbocycles. The second-order valence-corrected chi connectivity index (χ2v) is 6.50. The summed E-state index contributed by atoms with van der Waals surface area (Å²) < 4.78 is -3.84. The van der Waals surface area contributed by atoms with Crippen molar-refractivity contribution in [1.82, 2.24) is 9.91 Å². The van der Waals surface area contributed by atoms with Crippen LogP contribution in [0, 0.1) is 11.3 Å². The minimum absolute atomic E-state index is 0.509. The van der Waals surface area contributed by atoms with Gasteiger partial charge in [0.2, 0.25) is 14.4 Å². The monoisotopic (exact) mass is 322 g/mol. The Balaban J connectivity index is 3.00. The number of hydrogen-bond acceptors (Lipinski definition) is 4. The van der Waals surface area contributed by atoms with Crippen LogP contribution in [-0.4, -0.2) is 37.2 Å². The van der Waals surface area contributed by atoms with Crippen molar-refractivity contribution in [2.75, 3.05) is 6.54 Å². The molecule has 0 aromatic rings. The number of halogens is 5. The van der Waals surface area contributed by atoms with Crippen LogP contribution in [0.25, 0.3) is 0 Å². The van der Waals surface area contributed by atoms with Crippen LogP contribution in [-0.2, 0) is 0 Å². The van der Waals surface area contributed by atoms with Crippen molar-refractivity contribution in [3.05, 3.63) is 0 Å². The van der Waals surface area contributed by atoms with Gasteiger partial charge in [0.1, 0.15) is 12.4 Å². The maximum absolute atomic E-state index is 9.01. The van der Waals surface area contributed by atoms with Gasteiger partial charge in [-0.25, -0.2) is 0 Å². The molecule has 9 heteroatoms. The molecule has 1 atom stereocenters. The van der Waals surface area contributed by atoms with Crippen LogP contribution in [0.5, 0.6) is 0 Å². The van der Waals surface area contributed by atoms with Crippen molar-refractivity contribution in [2.45, 2.75) is 21.3 Å². The summed E-state index contributed by atoms with van der Waals surface area (Å²) in [6.07, 6.45) is 0.481. The molecule has 1 heterocycles. The van der Waals surface area contributed by atoms with Gasteiger partial charge < -0.3 is 0 Å². The number of nitriles is 1. The van der Waals surface area contributed by atoms with Crippen LogP contribution in [0.2, 0.25) is 0 Å². The number of alkyl halides is 5. The van der Waals surface area contributed by atoms with Gasteiger partial charge in [-0.2, -0.15) is 10.4 Å². The highest BCUT2D eigenvalue weighted by Gasteiger charge is 2.54. The van der Waals surface area contributed by atoms with Crippen LogP contribution in [0.1, 0.15) is 6.92 Å². The zero-order valence-electron chi connectivity index (χ0n) is 8.04. The number of hydrogen-bond donors (Lipinski definition) is 0. The lowest BCUT2D eigenvalue weighted by Crippen LogP contribution is -2.53. The van der Waals surface area contributed by atoms with E-state index >= 15 is 0 Å². The van der Waals surface area contributed by atoms with E-state index in [1.807, 2.05) is 13.0 Å². The minimum atomic E-state index is -1.97. The highest BCUT2D eigenvalue weighted by Crippen LogP contribution is 2.49. The Morgan fingerprint density at radius 1 is 1.38 bits per heavy atom. The van der Waals surface area contributed by atoms with Crippen molar-refractivity contribution >= 4 is 64.3 Å². The summed E-state index contributed by atoms with van der Waals surface area (Å²) in [6.45, 7) is 2.33. The Morgan fingerprint density at radius 3 is 2.31 bits per heavy atom. The lowest BCUT2D eigenvalue weighted by Gasteiger charge is -2.37. The molecule has 0 saturated heterocycles. The van der Waals surface area contributed by atoms with Crippen molar-refractivity contribution in [1.29, 1.82) is 5.26 Å². The quantitative estimate of drug-likeness (QED) is 0.579.